The Bertz CT molecular complexity index is 218. The molecule has 1 saturated heterocycles. The van der Waals surface area contributed by atoms with Gasteiger partial charge in [0.2, 0.25) is 0 Å². The first kappa shape index (κ1) is 11.3. The molecule has 1 amide bonds. The van der Waals surface area contributed by atoms with Crippen LogP contribution in [0.5, 0.6) is 0 Å². The number of ether oxygens (including phenoxy) is 1. The van der Waals surface area contributed by atoms with Gasteiger partial charge in [-0.3, -0.25) is 4.90 Å². The lowest BCUT2D eigenvalue weighted by molar-refractivity contribution is 0.110. The Kier molecular flexibility index (Phi) is 3.37. The second-order valence-electron chi connectivity index (χ2n) is 4.57. The molecule has 82 valence electrons. The van der Waals surface area contributed by atoms with Crippen molar-refractivity contribution in [2.24, 2.45) is 11.7 Å². The molecule has 1 rings (SSSR count). The quantitative estimate of drug-likeness (QED) is 0.742. The van der Waals surface area contributed by atoms with E-state index in [1.807, 2.05) is 6.92 Å². The highest BCUT2D eigenvalue weighted by molar-refractivity contribution is 5.70. The maximum atomic E-state index is 11.4. The molecule has 0 aromatic rings. The normalized spacial score (nSPS) is 21.2. The Labute approximate surface area is 85.4 Å². The first-order valence-corrected chi connectivity index (χ1v) is 5.14. The molecular formula is C10H20N2O2. The lowest BCUT2D eigenvalue weighted by Crippen LogP contribution is -2.52. The van der Waals surface area contributed by atoms with E-state index >= 15 is 0 Å². The van der Waals surface area contributed by atoms with E-state index in [0.29, 0.717) is 25.6 Å². The SMILES string of the molecule is CC(C)CC(C)(CN)N1CCOC1=O. The number of cyclic esters (lactones) is 1. The van der Waals surface area contributed by atoms with E-state index in [9.17, 15) is 4.79 Å². The van der Waals surface area contributed by atoms with Crippen molar-refractivity contribution in [3.63, 3.8) is 0 Å². The number of rotatable bonds is 4. The first-order valence-electron chi connectivity index (χ1n) is 5.14. The van der Waals surface area contributed by atoms with Crippen LogP contribution in [0.4, 0.5) is 4.79 Å². The van der Waals surface area contributed by atoms with Crippen LogP contribution in [0.1, 0.15) is 27.2 Å². The first-order chi connectivity index (χ1) is 6.49. The standard InChI is InChI=1S/C10H20N2O2/c1-8(2)6-10(3,7-11)12-4-5-14-9(12)13/h8H,4-7,11H2,1-3H3. The van der Waals surface area contributed by atoms with Crippen molar-refractivity contribution in [3.05, 3.63) is 0 Å². The Morgan fingerprint density at radius 2 is 2.29 bits per heavy atom. The van der Waals surface area contributed by atoms with Crippen molar-refractivity contribution >= 4 is 6.09 Å². The summed E-state index contributed by atoms with van der Waals surface area (Å²) in [5.41, 5.74) is 5.50. The van der Waals surface area contributed by atoms with Gasteiger partial charge in [0.15, 0.2) is 0 Å². The van der Waals surface area contributed by atoms with Gasteiger partial charge in [-0.15, -0.1) is 0 Å². The molecule has 0 spiro atoms. The molecule has 0 bridgehead atoms. The summed E-state index contributed by atoms with van der Waals surface area (Å²) in [7, 11) is 0. The molecule has 0 aliphatic carbocycles. The third-order valence-corrected chi connectivity index (χ3v) is 2.70. The van der Waals surface area contributed by atoms with Crippen LogP contribution in [-0.2, 0) is 4.74 Å². The van der Waals surface area contributed by atoms with Crippen LogP contribution in [0.15, 0.2) is 0 Å². The summed E-state index contributed by atoms with van der Waals surface area (Å²) in [6.45, 7) is 7.94. The van der Waals surface area contributed by atoms with E-state index in [0.717, 1.165) is 6.42 Å². The number of carbonyl (C=O) groups is 1. The minimum Gasteiger partial charge on any atom is -0.448 e. The van der Waals surface area contributed by atoms with Crippen molar-refractivity contribution in [2.75, 3.05) is 19.7 Å². The van der Waals surface area contributed by atoms with Crippen LogP contribution < -0.4 is 5.73 Å². The van der Waals surface area contributed by atoms with E-state index < -0.39 is 0 Å². The largest absolute Gasteiger partial charge is 0.448 e. The van der Waals surface area contributed by atoms with Crippen LogP contribution in [0, 0.1) is 5.92 Å². The zero-order valence-electron chi connectivity index (χ0n) is 9.25. The number of amides is 1. The van der Waals surface area contributed by atoms with E-state index in [1.165, 1.54) is 0 Å². The van der Waals surface area contributed by atoms with E-state index in [2.05, 4.69) is 13.8 Å². The summed E-state index contributed by atoms with van der Waals surface area (Å²) in [6.07, 6.45) is 0.692. The van der Waals surface area contributed by atoms with Gasteiger partial charge in [0.05, 0.1) is 12.1 Å². The molecule has 2 N–H and O–H groups in total. The fourth-order valence-electron chi connectivity index (χ4n) is 2.07. The third kappa shape index (κ3) is 2.18. The molecule has 4 heteroatoms. The minimum absolute atomic E-state index is 0.224. The van der Waals surface area contributed by atoms with Gasteiger partial charge >= 0.3 is 6.09 Å². The van der Waals surface area contributed by atoms with Gasteiger partial charge in [0, 0.05) is 6.54 Å². The molecule has 14 heavy (non-hydrogen) atoms. The molecular weight excluding hydrogens is 180 g/mol. The summed E-state index contributed by atoms with van der Waals surface area (Å²) < 4.78 is 4.93. The second-order valence-corrected chi connectivity index (χ2v) is 4.57. The van der Waals surface area contributed by atoms with Crippen LogP contribution in [0.2, 0.25) is 0 Å². The van der Waals surface area contributed by atoms with E-state index in [-0.39, 0.29) is 11.6 Å². The van der Waals surface area contributed by atoms with Gasteiger partial charge in [-0.1, -0.05) is 13.8 Å². The highest BCUT2D eigenvalue weighted by Gasteiger charge is 2.38. The number of nitrogens with zero attached hydrogens (tertiary/aromatic N) is 1. The van der Waals surface area contributed by atoms with Crippen LogP contribution in [-0.4, -0.2) is 36.2 Å². The smallest absolute Gasteiger partial charge is 0.410 e. The molecule has 1 unspecified atom stereocenters. The van der Waals surface area contributed by atoms with E-state index in [4.69, 9.17) is 10.5 Å². The Hall–Kier alpha value is -0.770. The Balaban J connectivity index is 2.72. The van der Waals surface area contributed by atoms with Gasteiger partial charge in [0.1, 0.15) is 6.61 Å². The van der Waals surface area contributed by atoms with Crippen LogP contribution >= 0.6 is 0 Å². The molecule has 0 radical (unpaired) electrons. The molecule has 1 atom stereocenters. The van der Waals surface area contributed by atoms with E-state index in [1.54, 1.807) is 4.90 Å². The molecule has 1 heterocycles. The lowest BCUT2D eigenvalue weighted by atomic mass is 9.89. The Morgan fingerprint density at radius 1 is 1.64 bits per heavy atom. The third-order valence-electron chi connectivity index (χ3n) is 2.70. The molecule has 1 fully saturated rings. The predicted octanol–water partition coefficient (Wildman–Crippen LogP) is 1.20. The molecule has 0 saturated carbocycles. The number of nitrogens with two attached hydrogens (primary N) is 1. The van der Waals surface area contributed by atoms with Crippen molar-refractivity contribution in [3.8, 4) is 0 Å². The number of carbonyl (C=O) groups excluding carboxylic acids is 1. The fourth-order valence-corrected chi connectivity index (χ4v) is 2.07. The molecule has 1 aliphatic rings. The molecule has 4 nitrogen and oxygen atoms in total. The molecule has 1 aliphatic heterocycles. The predicted molar refractivity (Wildman–Crippen MR) is 55.0 cm³/mol. The van der Waals surface area contributed by atoms with Crippen molar-refractivity contribution in [1.82, 2.24) is 4.90 Å². The summed E-state index contributed by atoms with van der Waals surface area (Å²) >= 11 is 0. The van der Waals surface area contributed by atoms with Crippen LogP contribution in [0.25, 0.3) is 0 Å². The topological polar surface area (TPSA) is 55.6 Å². The minimum atomic E-state index is -0.248. The second kappa shape index (κ2) is 4.17. The fraction of sp³-hybridized carbons (Fsp3) is 0.900. The summed E-state index contributed by atoms with van der Waals surface area (Å²) in [4.78, 5) is 13.2. The maximum Gasteiger partial charge on any atom is 0.410 e. The van der Waals surface area contributed by atoms with Gasteiger partial charge in [-0.25, -0.2) is 4.79 Å². The zero-order valence-corrected chi connectivity index (χ0v) is 9.25. The maximum absolute atomic E-state index is 11.4. The monoisotopic (exact) mass is 200 g/mol. The van der Waals surface area contributed by atoms with Crippen LogP contribution in [0.3, 0.4) is 0 Å². The number of hydrogen-bond acceptors (Lipinski definition) is 3. The highest BCUT2D eigenvalue weighted by atomic mass is 16.6. The van der Waals surface area contributed by atoms with Crippen molar-refractivity contribution in [1.29, 1.82) is 0 Å². The summed E-state index contributed by atoms with van der Waals surface area (Å²) in [5.74, 6) is 0.525. The highest BCUT2D eigenvalue weighted by Crippen LogP contribution is 2.25. The van der Waals surface area contributed by atoms with Crippen molar-refractivity contribution < 1.29 is 9.53 Å². The van der Waals surface area contributed by atoms with Gasteiger partial charge in [-0.05, 0) is 19.3 Å². The summed E-state index contributed by atoms with van der Waals surface area (Å²) in [6, 6.07) is 0. The van der Waals surface area contributed by atoms with Crippen molar-refractivity contribution in [2.45, 2.75) is 32.7 Å². The zero-order chi connectivity index (χ0) is 10.8. The molecule has 0 aromatic carbocycles. The molecule has 0 aromatic heterocycles. The Morgan fingerprint density at radius 3 is 2.64 bits per heavy atom. The van der Waals surface area contributed by atoms with Gasteiger partial charge in [-0.2, -0.15) is 0 Å². The average molecular weight is 200 g/mol. The lowest BCUT2D eigenvalue weighted by Gasteiger charge is -2.37. The average Bonchev–Trinajstić information content (AvgIpc) is 2.50. The van der Waals surface area contributed by atoms with Gasteiger partial charge in [0.25, 0.3) is 0 Å². The van der Waals surface area contributed by atoms with Gasteiger partial charge < -0.3 is 10.5 Å². The number of hydrogen-bond donors (Lipinski definition) is 1. The summed E-state index contributed by atoms with van der Waals surface area (Å²) in [5, 5.41) is 0.